The summed E-state index contributed by atoms with van der Waals surface area (Å²) in [5.74, 6) is 0.377. The minimum Gasteiger partial charge on any atom is -0.399 e. The first-order valence-electron chi connectivity index (χ1n) is 5.74. The van der Waals surface area contributed by atoms with Crippen molar-refractivity contribution in [1.29, 1.82) is 0 Å². The summed E-state index contributed by atoms with van der Waals surface area (Å²) in [5, 5.41) is 0. The van der Waals surface area contributed by atoms with E-state index in [2.05, 4.69) is 11.1 Å². The fourth-order valence-corrected chi connectivity index (χ4v) is 3.82. The van der Waals surface area contributed by atoms with Gasteiger partial charge in [-0.3, -0.25) is 0 Å². The van der Waals surface area contributed by atoms with Crippen molar-refractivity contribution in [2.24, 2.45) is 0 Å². The minimum absolute atomic E-state index is 0.292. The third-order valence-electron chi connectivity index (χ3n) is 2.62. The highest BCUT2D eigenvalue weighted by molar-refractivity contribution is 8.00. The predicted octanol–water partition coefficient (Wildman–Crippen LogP) is 4.31. The fraction of sp³-hybridized carbons (Fsp3) is 0.0714. The predicted molar refractivity (Wildman–Crippen MR) is 80.0 cm³/mol. The average molecular weight is 290 g/mol. The molecule has 0 aliphatic carbocycles. The van der Waals surface area contributed by atoms with E-state index in [1.54, 1.807) is 29.2 Å². The molecule has 3 aromatic rings. The number of nitrogen functional groups attached to an aromatic ring is 1. The Morgan fingerprint density at radius 1 is 1.21 bits per heavy atom. The first-order valence-corrected chi connectivity index (χ1v) is 7.54. The van der Waals surface area contributed by atoms with Crippen LogP contribution in [0, 0.1) is 5.82 Å². The molecule has 0 unspecified atom stereocenters. The molecule has 0 aliphatic rings. The van der Waals surface area contributed by atoms with Crippen molar-refractivity contribution in [3.63, 3.8) is 0 Å². The van der Waals surface area contributed by atoms with Crippen LogP contribution in [-0.4, -0.2) is 4.98 Å². The maximum Gasteiger partial charge on any atom is 0.151 e. The lowest BCUT2D eigenvalue weighted by Gasteiger charge is -2.01. The fourth-order valence-electron chi connectivity index (χ4n) is 1.82. The molecule has 0 amide bonds. The second kappa shape index (κ2) is 5.19. The molecule has 1 heterocycles. The number of nitrogens with zero attached hydrogens (tertiary/aromatic N) is 1. The van der Waals surface area contributed by atoms with E-state index in [4.69, 9.17) is 5.73 Å². The molecule has 96 valence electrons. The number of nitrogens with two attached hydrogens (primary N) is 1. The van der Waals surface area contributed by atoms with Crippen molar-refractivity contribution in [2.45, 2.75) is 10.1 Å². The zero-order chi connectivity index (χ0) is 13.2. The van der Waals surface area contributed by atoms with Gasteiger partial charge in [-0.25, -0.2) is 9.37 Å². The highest BCUT2D eigenvalue weighted by Crippen LogP contribution is 2.31. The van der Waals surface area contributed by atoms with Crippen LogP contribution in [0.1, 0.15) is 5.56 Å². The molecule has 0 radical (unpaired) electrons. The maximum absolute atomic E-state index is 13.2. The third kappa shape index (κ3) is 2.88. The molecule has 19 heavy (non-hydrogen) atoms. The lowest BCUT2D eigenvalue weighted by Crippen LogP contribution is -1.90. The van der Waals surface area contributed by atoms with E-state index < -0.39 is 0 Å². The Hall–Kier alpha value is -1.59. The highest BCUT2D eigenvalue weighted by atomic mass is 32.2. The van der Waals surface area contributed by atoms with Crippen LogP contribution in [0.3, 0.4) is 0 Å². The molecule has 0 saturated heterocycles. The molecular weight excluding hydrogens is 279 g/mol. The van der Waals surface area contributed by atoms with Crippen LogP contribution in [0.25, 0.3) is 10.2 Å². The minimum atomic E-state index is -0.292. The Kier molecular flexibility index (Phi) is 3.40. The summed E-state index contributed by atoms with van der Waals surface area (Å²) in [6.07, 6.45) is 0. The van der Waals surface area contributed by atoms with E-state index in [0.717, 1.165) is 15.4 Å². The van der Waals surface area contributed by atoms with Gasteiger partial charge in [0.05, 0.1) is 10.2 Å². The number of thiazole rings is 1. The van der Waals surface area contributed by atoms with Gasteiger partial charge in [-0.1, -0.05) is 23.9 Å². The summed E-state index contributed by atoms with van der Waals surface area (Å²) in [6, 6.07) is 12.7. The number of hydrogen-bond donors (Lipinski definition) is 1. The van der Waals surface area contributed by atoms with Gasteiger partial charge < -0.3 is 5.73 Å². The van der Waals surface area contributed by atoms with E-state index in [1.807, 2.05) is 18.2 Å². The number of halogens is 1. The van der Waals surface area contributed by atoms with Gasteiger partial charge >= 0.3 is 0 Å². The number of para-hydroxylation sites is 1. The number of aromatic nitrogens is 1. The lowest BCUT2D eigenvalue weighted by atomic mass is 10.2. The van der Waals surface area contributed by atoms with Crippen LogP contribution in [0.4, 0.5) is 10.1 Å². The molecule has 5 heteroatoms. The van der Waals surface area contributed by atoms with E-state index in [0.29, 0.717) is 11.4 Å². The normalized spacial score (nSPS) is 11.0. The first kappa shape index (κ1) is 12.4. The lowest BCUT2D eigenvalue weighted by molar-refractivity contribution is 0.627. The Labute approximate surface area is 118 Å². The maximum atomic E-state index is 13.2. The van der Waals surface area contributed by atoms with Crippen LogP contribution in [0.5, 0.6) is 0 Å². The van der Waals surface area contributed by atoms with Crippen LogP contribution in [0.15, 0.2) is 46.8 Å². The molecule has 2 aromatic carbocycles. The van der Waals surface area contributed by atoms with Gasteiger partial charge in [-0.15, -0.1) is 11.3 Å². The molecule has 1 aromatic heterocycles. The summed E-state index contributed by atoms with van der Waals surface area (Å²) in [6.45, 7) is 0. The van der Waals surface area contributed by atoms with Crippen LogP contribution in [-0.2, 0) is 5.75 Å². The van der Waals surface area contributed by atoms with Gasteiger partial charge in [0, 0.05) is 11.4 Å². The number of thioether (sulfide) groups is 1. The van der Waals surface area contributed by atoms with E-state index in [9.17, 15) is 4.39 Å². The number of rotatable bonds is 3. The van der Waals surface area contributed by atoms with Crippen molar-refractivity contribution < 1.29 is 4.39 Å². The second-order valence-electron chi connectivity index (χ2n) is 4.13. The Bertz CT molecular complexity index is 671. The third-order valence-corrected chi connectivity index (χ3v) is 4.87. The van der Waals surface area contributed by atoms with E-state index in [-0.39, 0.29) is 5.82 Å². The summed E-state index contributed by atoms with van der Waals surface area (Å²) < 4.78 is 15.4. The van der Waals surface area contributed by atoms with Crippen LogP contribution >= 0.6 is 23.1 Å². The van der Waals surface area contributed by atoms with Crippen molar-refractivity contribution in [1.82, 2.24) is 4.98 Å². The molecule has 0 bridgehead atoms. The van der Waals surface area contributed by atoms with Crippen LogP contribution in [0.2, 0.25) is 0 Å². The number of benzene rings is 2. The standard InChI is InChI=1S/C14H11FN2S2/c15-10-5-9(6-11(16)7-10)8-18-14-17-12-3-1-2-4-13(12)19-14/h1-7H,8,16H2. The molecule has 0 spiro atoms. The Morgan fingerprint density at radius 2 is 2.05 bits per heavy atom. The van der Waals surface area contributed by atoms with Gasteiger partial charge in [0.2, 0.25) is 0 Å². The summed E-state index contributed by atoms with van der Waals surface area (Å²) in [7, 11) is 0. The summed E-state index contributed by atoms with van der Waals surface area (Å²) in [4.78, 5) is 4.53. The van der Waals surface area contributed by atoms with Gasteiger partial charge in [-0.05, 0) is 35.9 Å². The van der Waals surface area contributed by atoms with Crippen molar-refractivity contribution in [3.8, 4) is 0 Å². The largest absolute Gasteiger partial charge is 0.399 e. The molecule has 0 saturated carbocycles. The van der Waals surface area contributed by atoms with Crippen molar-refractivity contribution in [2.75, 3.05) is 5.73 Å². The molecule has 0 aliphatic heterocycles. The number of anilines is 1. The highest BCUT2D eigenvalue weighted by Gasteiger charge is 2.05. The van der Waals surface area contributed by atoms with Crippen molar-refractivity contribution >= 4 is 39.0 Å². The summed E-state index contributed by atoms with van der Waals surface area (Å²) in [5.41, 5.74) is 7.97. The Morgan fingerprint density at radius 3 is 2.84 bits per heavy atom. The van der Waals surface area contributed by atoms with E-state index in [1.165, 1.54) is 16.8 Å². The van der Waals surface area contributed by atoms with Crippen molar-refractivity contribution in [3.05, 3.63) is 53.8 Å². The van der Waals surface area contributed by atoms with Crippen LogP contribution < -0.4 is 5.73 Å². The molecular formula is C14H11FN2S2. The number of hydrogen-bond acceptors (Lipinski definition) is 4. The first-order chi connectivity index (χ1) is 9.20. The van der Waals surface area contributed by atoms with Gasteiger partial charge in [-0.2, -0.15) is 0 Å². The number of fused-ring (bicyclic) bond motifs is 1. The average Bonchev–Trinajstić information content (AvgIpc) is 2.78. The Balaban J connectivity index is 1.78. The smallest absolute Gasteiger partial charge is 0.151 e. The molecule has 3 rings (SSSR count). The zero-order valence-electron chi connectivity index (χ0n) is 9.97. The molecule has 2 nitrogen and oxygen atoms in total. The quantitative estimate of drug-likeness (QED) is 0.577. The van der Waals surface area contributed by atoms with Gasteiger partial charge in [0.15, 0.2) is 4.34 Å². The molecule has 0 fully saturated rings. The zero-order valence-corrected chi connectivity index (χ0v) is 11.6. The monoisotopic (exact) mass is 290 g/mol. The second-order valence-corrected chi connectivity index (χ2v) is 6.38. The molecule has 2 N–H and O–H groups in total. The summed E-state index contributed by atoms with van der Waals surface area (Å²) >= 11 is 3.25. The van der Waals surface area contributed by atoms with Gasteiger partial charge in [0.25, 0.3) is 0 Å². The van der Waals surface area contributed by atoms with E-state index >= 15 is 0 Å². The SMILES string of the molecule is Nc1cc(F)cc(CSc2nc3ccccc3s2)c1. The van der Waals surface area contributed by atoms with Gasteiger partial charge in [0.1, 0.15) is 5.82 Å². The molecule has 0 atom stereocenters. The topological polar surface area (TPSA) is 38.9 Å².